The molecule has 250 valence electrons. The molecule has 2 fully saturated rings. The van der Waals surface area contributed by atoms with E-state index in [2.05, 4.69) is 31.6 Å². The molecule has 2 aromatic heterocycles. The molecule has 4 amide bonds. The van der Waals surface area contributed by atoms with Gasteiger partial charge in [-0.1, -0.05) is 16.4 Å². The number of nitro benzene ring substituents is 1. The highest BCUT2D eigenvalue weighted by Gasteiger charge is 2.30. The number of hydrogen-bond donors (Lipinski definition) is 5. The van der Waals surface area contributed by atoms with Crippen LogP contribution in [0.15, 0.2) is 45.4 Å². The van der Waals surface area contributed by atoms with Gasteiger partial charge in [0.15, 0.2) is 0 Å². The van der Waals surface area contributed by atoms with E-state index in [1.54, 1.807) is 32.0 Å². The molecule has 2 aliphatic heterocycles. The second-order valence-corrected chi connectivity index (χ2v) is 11.5. The molecule has 48 heavy (non-hydrogen) atoms. The van der Waals surface area contributed by atoms with Crippen LogP contribution in [0.3, 0.4) is 0 Å². The first-order valence-corrected chi connectivity index (χ1v) is 15.1. The zero-order chi connectivity index (χ0) is 34.7. The van der Waals surface area contributed by atoms with Gasteiger partial charge in [-0.2, -0.15) is 0 Å². The number of anilines is 3. The summed E-state index contributed by atoms with van der Waals surface area (Å²) in [5.74, 6) is 0.212. The molecule has 6 rings (SSSR count). The maximum absolute atomic E-state index is 12.3. The molecule has 2 atom stereocenters. The van der Waals surface area contributed by atoms with E-state index in [9.17, 15) is 29.3 Å². The maximum Gasteiger partial charge on any atom is 0.292 e. The molecular formula is C32H34N8O8. The predicted molar refractivity (Wildman–Crippen MR) is 173 cm³/mol. The summed E-state index contributed by atoms with van der Waals surface area (Å²) < 4.78 is 10.3. The maximum atomic E-state index is 12.3. The summed E-state index contributed by atoms with van der Waals surface area (Å²) in [6, 6.07) is 8.59. The van der Waals surface area contributed by atoms with Crippen LogP contribution in [0, 0.1) is 37.8 Å². The standard InChI is InChI=1S/C16H16N4O5.C16H18N4O3/c1-8-15(9(2)25-19-8)10-3-5-13(20(23)24)12(7-10)18-16(22)11-4-6-14(21)17-11;1-8-15(9(2)23-20-8)10-3-4-11(17)13(7-10)19-16(22)12-5-6-14(21)18-12/h3,5,7,11H,4,6H2,1-2H3,(H,17,21)(H,18,22);3-4,7,12H,5-6,17H2,1-2H3,(H,18,21)(H,19,22)/t11-;12-/m00/s1. The quantitative estimate of drug-likeness (QED) is 0.109. The Balaban J connectivity index is 0.000000188. The van der Waals surface area contributed by atoms with Crippen molar-refractivity contribution in [3.63, 3.8) is 0 Å². The monoisotopic (exact) mass is 658 g/mol. The minimum absolute atomic E-state index is 0.0636. The van der Waals surface area contributed by atoms with Crippen LogP contribution in [0.5, 0.6) is 0 Å². The Labute approximate surface area is 273 Å². The van der Waals surface area contributed by atoms with Crippen molar-refractivity contribution < 1.29 is 33.1 Å². The molecule has 0 saturated carbocycles. The van der Waals surface area contributed by atoms with Crippen molar-refractivity contribution in [1.82, 2.24) is 20.9 Å². The zero-order valence-electron chi connectivity index (χ0n) is 26.6. The van der Waals surface area contributed by atoms with Crippen LogP contribution >= 0.6 is 0 Å². The number of nitrogens with two attached hydrogens (primary N) is 1. The van der Waals surface area contributed by atoms with Crippen molar-refractivity contribution >= 4 is 46.4 Å². The van der Waals surface area contributed by atoms with E-state index < -0.39 is 22.9 Å². The Kier molecular flexibility index (Phi) is 9.54. The van der Waals surface area contributed by atoms with Gasteiger partial charge in [-0.05, 0) is 75.9 Å². The van der Waals surface area contributed by atoms with Crippen LogP contribution < -0.4 is 27.0 Å². The van der Waals surface area contributed by atoms with Crippen molar-refractivity contribution in [3.05, 3.63) is 69.4 Å². The lowest BCUT2D eigenvalue weighted by Gasteiger charge is -2.14. The molecular weight excluding hydrogens is 624 g/mol. The average molecular weight is 659 g/mol. The largest absolute Gasteiger partial charge is 0.397 e. The molecule has 4 aromatic rings. The lowest BCUT2D eigenvalue weighted by atomic mass is 10.0. The van der Waals surface area contributed by atoms with Gasteiger partial charge in [0.2, 0.25) is 23.6 Å². The van der Waals surface area contributed by atoms with Crippen molar-refractivity contribution in [2.45, 2.75) is 65.5 Å². The van der Waals surface area contributed by atoms with Gasteiger partial charge in [0, 0.05) is 30.0 Å². The molecule has 4 heterocycles. The second kappa shape index (κ2) is 13.7. The molecule has 0 bridgehead atoms. The number of carbonyl (C=O) groups is 4. The highest BCUT2D eigenvalue weighted by atomic mass is 16.6. The Morgan fingerprint density at radius 2 is 1.27 bits per heavy atom. The van der Waals surface area contributed by atoms with E-state index in [1.165, 1.54) is 12.1 Å². The first-order chi connectivity index (χ1) is 22.8. The first kappa shape index (κ1) is 33.3. The van der Waals surface area contributed by atoms with Crippen molar-refractivity contribution in [1.29, 1.82) is 0 Å². The van der Waals surface area contributed by atoms with Gasteiger partial charge in [0.05, 0.1) is 27.7 Å². The van der Waals surface area contributed by atoms with Gasteiger partial charge in [0.1, 0.15) is 29.3 Å². The third kappa shape index (κ3) is 7.16. The van der Waals surface area contributed by atoms with Crippen molar-refractivity contribution in [2.75, 3.05) is 16.4 Å². The van der Waals surface area contributed by atoms with Gasteiger partial charge in [-0.3, -0.25) is 29.3 Å². The van der Waals surface area contributed by atoms with Crippen molar-refractivity contribution in [3.8, 4) is 22.3 Å². The first-order valence-electron chi connectivity index (χ1n) is 15.1. The smallest absolute Gasteiger partial charge is 0.292 e. The van der Waals surface area contributed by atoms with Gasteiger partial charge in [-0.15, -0.1) is 0 Å². The van der Waals surface area contributed by atoms with E-state index >= 15 is 0 Å². The molecule has 0 radical (unpaired) electrons. The highest BCUT2D eigenvalue weighted by Crippen LogP contribution is 2.34. The number of nitrogens with one attached hydrogen (secondary N) is 4. The van der Waals surface area contributed by atoms with Crippen LogP contribution in [0.1, 0.15) is 48.6 Å². The van der Waals surface area contributed by atoms with Crippen LogP contribution in [0.25, 0.3) is 22.3 Å². The lowest BCUT2D eigenvalue weighted by molar-refractivity contribution is -0.383. The number of carbonyl (C=O) groups excluding carboxylic acids is 4. The molecule has 0 aliphatic carbocycles. The third-order valence-corrected chi connectivity index (χ3v) is 8.03. The fourth-order valence-electron chi connectivity index (χ4n) is 5.62. The number of aromatic nitrogens is 2. The van der Waals surface area contributed by atoms with E-state index in [4.69, 9.17) is 14.8 Å². The highest BCUT2D eigenvalue weighted by molar-refractivity contribution is 6.02. The van der Waals surface area contributed by atoms with Crippen LogP contribution in [-0.4, -0.2) is 50.9 Å². The molecule has 2 saturated heterocycles. The van der Waals surface area contributed by atoms with E-state index in [0.29, 0.717) is 53.4 Å². The Morgan fingerprint density at radius 3 is 1.69 bits per heavy atom. The Bertz CT molecular complexity index is 1890. The number of rotatable bonds is 7. The second-order valence-electron chi connectivity index (χ2n) is 11.5. The SMILES string of the molecule is Cc1noc(C)c1-c1ccc(N)c(NC(=O)[C@@H]2CCC(=O)N2)c1.Cc1noc(C)c1-c1ccc([N+](=O)[O-])c(NC(=O)[C@@H]2CCC(=O)N2)c1. The lowest BCUT2D eigenvalue weighted by Crippen LogP contribution is -2.37. The number of aryl methyl sites for hydroxylation is 4. The third-order valence-electron chi connectivity index (χ3n) is 8.03. The summed E-state index contributed by atoms with van der Waals surface area (Å²) in [6.45, 7) is 7.19. The molecule has 6 N–H and O–H groups in total. The molecule has 2 aromatic carbocycles. The number of hydrogen-bond acceptors (Lipinski definition) is 11. The summed E-state index contributed by atoms with van der Waals surface area (Å²) >= 11 is 0. The fraction of sp³-hybridized carbons (Fsp3) is 0.312. The molecule has 0 spiro atoms. The van der Waals surface area contributed by atoms with Gasteiger partial charge in [-0.25, -0.2) is 0 Å². The van der Waals surface area contributed by atoms with E-state index in [0.717, 1.165) is 22.4 Å². The van der Waals surface area contributed by atoms with Crippen LogP contribution in [-0.2, 0) is 19.2 Å². The summed E-state index contributed by atoms with van der Waals surface area (Å²) in [5.41, 5.74) is 11.3. The Hall–Kier alpha value is -6.06. The van der Waals surface area contributed by atoms with Gasteiger partial charge in [0.25, 0.3) is 5.69 Å². The van der Waals surface area contributed by atoms with Crippen LogP contribution in [0.2, 0.25) is 0 Å². The topological polar surface area (TPSA) is 238 Å². The zero-order valence-corrected chi connectivity index (χ0v) is 26.6. The van der Waals surface area contributed by atoms with E-state index in [-0.39, 0.29) is 35.5 Å². The van der Waals surface area contributed by atoms with E-state index in [1.807, 2.05) is 19.9 Å². The average Bonchev–Trinajstić information content (AvgIpc) is 3.83. The Morgan fingerprint density at radius 1 is 0.812 bits per heavy atom. The molecule has 0 unspecified atom stereocenters. The summed E-state index contributed by atoms with van der Waals surface area (Å²) in [6.07, 6.45) is 1.49. The number of nitrogens with zero attached hydrogens (tertiary/aromatic N) is 3. The van der Waals surface area contributed by atoms with Gasteiger partial charge >= 0.3 is 0 Å². The van der Waals surface area contributed by atoms with Gasteiger partial charge < -0.3 is 36.0 Å². The summed E-state index contributed by atoms with van der Waals surface area (Å²) in [7, 11) is 0. The van der Waals surface area contributed by atoms with Crippen molar-refractivity contribution in [2.24, 2.45) is 0 Å². The number of nitro groups is 1. The molecule has 16 heteroatoms. The van der Waals surface area contributed by atoms with Crippen LogP contribution in [0.4, 0.5) is 22.7 Å². The molecule has 16 nitrogen and oxygen atoms in total. The minimum atomic E-state index is -0.685. The number of nitrogen functional groups attached to an aromatic ring is 1. The summed E-state index contributed by atoms with van der Waals surface area (Å²) in [4.78, 5) is 57.7. The minimum Gasteiger partial charge on any atom is -0.397 e. The molecule has 2 aliphatic rings. The fourth-order valence-corrected chi connectivity index (χ4v) is 5.62. The summed E-state index contributed by atoms with van der Waals surface area (Å²) in [5, 5.41) is 29.6. The predicted octanol–water partition coefficient (Wildman–Crippen LogP) is 3.84. The normalized spacial score (nSPS) is 16.8. The number of benzene rings is 2. The number of amides is 4.